The molecule has 0 bridgehead atoms. The fourth-order valence-electron chi connectivity index (χ4n) is 9.66. The van der Waals surface area contributed by atoms with Gasteiger partial charge in [0, 0.05) is 30.8 Å². The van der Waals surface area contributed by atoms with Crippen molar-refractivity contribution in [2.45, 2.75) is 43.1 Å². The number of carbonyl (C=O) groups is 1. The maximum Gasteiger partial charge on any atom is 0.176 e. The summed E-state index contributed by atoms with van der Waals surface area (Å²) in [6.07, 6.45) is 8.57. The Morgan fingerprint density at radius 1 is 0.491 bits per heavy atom. The number of hydrogen-bond acceptors (Lipinski definition) is 6. The highest BCUT2D eigenvalue weighted by Gasteiger charge is 2.33. The Balaban J connectivity index is 1.00. The minimum atomic E-state index is -0.223. The predicted molar refractivity (Wildman–Crippen MR) is 230 cm³/mol. The first-order chi connectivity index (χ1) is 28.0. The van der Waals surface area contributed by atoms with Crippen LogP contribution < -0.4 is 16.0 Å². The van der Waals surface area contributed by atoms with Crippen molar-refractivity contribution in [2.24, 2.45) is 0 Å². The fourth-order valence-corrected chi connectivity index (χ4v) is 9.66. The second-order valence-corrected chi connectivity index (χ2v) is 15.8. The monoisotopic (exact) mass is 747 g/mol. The molecule has 0 amide bonds. The number of carbonyl (C=O) groups excluding carboxylic acids is 1. The lowest BCUT2D eigenvalue weighted by Gasteiger charge is -2.34. The molecule has 1 fully saturated rings. The third kappa shape index (κ3) is 6.50. The first kappa shape index (κ1) is 35.1. The zero-order valence-electron chi connectivity index (χ0n) is 31.7. The van der Waals surface area contributed by atoms with Crippen molar-refractivity contribution in [3.63, 3.8) is 0 Å². The maximum atomic E-state index is 12.6. The number of phenolic OH excluding ortho intramolecular Hbond substituents is 2. The molecule has 1 saturated heterocycles. The van der Waals surface area contributed by atoms with E-state index in [2.05, 4.69) is 125 Å². The molecule has 4 atom stereocenters. The van der Waals surface area contributed by atoms with Crippen molar-refractivity contribution in [3.05, 3.63) is 179 Å². The normalized spacial score (nSPS) is 21.0. The standard InChI is InChI=1S/C51H45N3O3/c55-46-7-1-4-43-40(22-25-52-49(43)46)34-16-10-31(11-17-34)37-28-38(32-12-18-35(19-13-32)41-23-26-53-50-44(41)5-2-8-47(50)56)30-39(29-37)33-14-20-36(21-15-33)42-24-27-54-51-45(42)6-3-9-48(51)57/h1-21,28-30,40-42,49,52-54,56-57H,22-27H2. The highest BCUT2D eigenvalue weighted by Crippen LogP contribution is 2.44. The molecule has 0 saturated carbocycles. The summed E-state index contributed by atoms with van der Waals surface area (Å²) in [7, 11) is 0. The number of anilines is 2. The van der Waals surface area contributed by atoms with E-state index in [0.717, 1.165) is 100 Å². The number of nitrogens with one attached hydrogen (secondary N) is 3. The Morgan fingerprint density at radius 3 is 1.40 bits per heavy atom. The second-order valence-electron chi connectivity index (χ2n) is 15.8. The fraction of sp³-hybridized carbons (Fsp3) is 0.196. The van der Waals surface area contributed by atoms with Crippen LogP contribution in [-0.2, 0) is 4.79 Å². The van der Waals surface area contributed by atoms with Gasteiger partial charge >= 0.3 is 0 Å². The maximum absolute atomic E-state index is 12.6. The molecule has 3 aliphatic heterocycles. The molecule has 6 aromatic rings. The topological polar surface area (TPSA) is 93.6 Å². The van der Waals surface area contributed by atoms with Crippen molar-refractivity contribution in [2.75, 3.05) is 30.3 Å². The van der Waals surface area contributed by atoms with Crippen LogP contribution in [0.1, 0.15) is 64.8 Å². The molecule has 57 heavy (non-hydrogen) atoms. The van der Waals surface area contributed by atoms with Crippen LogP contribution in [0.25, 0.3) is 33.4 Å². The summed E-state index contributed by atoms with van der Waals surface area (Å²) >= 11 is 0. The summed E-state index contributed by atoms with van der Waals surface area (Å²) in [5, 5.41) is 31.3. The van der Waals surface area contributed by atoms with Gasteiger partial charge in [0.15, 0.2) is 5.78 Å². The minimum absolute atomic E-state index is 0.138. The molecule has 4 unspecified atom stereocenters. The van der Waals surface area contributed by atoms with Gasteiger partial charge in [-0.15, -0.1) is 0 Å². The lowest BCUT2D eigenvalue weighted by molar-refractivity contribution is -0.116. The molecule has 3 heterocycles. The number of phenols is 2. The third-order valence-corrected chi connectivity index (χ3v) is 12.6. The lowest BCUT2D eigenvalue weighted by Crippen LogP contribution is -2.45. The number of para-hydroxylation sites is 2. The summed E-state index contributed by atoms with van der Waals surface area (Å²) in [6, 6.07) is 45.1. The lowest BCUT2D eigenvalue weighted by atomic mass is 9.78. The van der Waals surface area contributed by atoms with Gasteiger partial charge in [-0.25, -0.2) is 0 Å². The van der Waals surface area contributed by atoms with Crippen molar-refractivity contribution >= 4 is 17.2 Å². The molecule has 6 heteroatoms. The number of benzene rings is 6. The number of allylic oxidation sites excluding steroid dienone is 2. The van der Waals surface area contributed by atoms with Gasteiger partial charge in [0.25, 0.3) is 0 Å². The highest BCUT2D eigenvalue weighted by molar-refractivity contribution is 5.98. The summed E-state index contributed by atoms with van der Waals surface area (Å²) in [4.78, 5) is 12.6. The number of ketones is 1. The molecule has 6 aromatic carbocycles. The van der Waals surface area contributed by atoms with E-state index >= 15 is 0 Å². The molecule has 0 radical (unpaired) electrons. The summed E-state index contributed by atoms with van der Waals surface area (Å²) < 4.78 is 0. The SMILES string of the molecule is O=C1C=CC=C2C1NCCC2c1ccc(-c2cc(-c3ccc(C4CCNc5c(O)cccc54)cc3)cc(-c3ccc(C4CCNc5c(O)cccc54)cc3)c2)cc1. The molecule has 1 aliphatic carbocycles. The first-order valence-corrected chi connectivity index (χ1v) is 20.2. The zero-order chi connectivity index (χ0) is 38.5. The molecule has 6 nitrogen and oxygen atoms in total. The largest absolute Gasteiger partial charge is 0.506 e. The molecule has 10 rings (SSSR count). The molecule has 0 aromatic heterocycles. The smallest absolute Gasteiger partial charge is 0.176 e. The molecule has 5 N–H and O–H groups in total. The van der Waals surface area contributed by atoms with Gasteiger partial charge < -0.3 is 26.2 Å². The predicted octanol–water partition coefficient (Wildman–Crippen LogP) is 10.5. The van der Waals surface area contributed by atoms with E-state index in [0.29, 0.717) is 11.5 Å². The van der Waals surface area contributed by atoms with E-state index in [4.69, 9.17) is 0 Å². The van der Waals surface area contributed by atoms with Gasteiger partial charge in [-0.1, -0.05) is 109 Å². The van der Waals surface area contributed by atoms with Gasteiger partial charge in [-0.05, 0) is 129 Å². The van der Waals surface area contributed by atoms with E-state index in [-0.39, 0.29) is 29.6 Å². The Kier molecular flexibility index (Phi) is 8.99. The Bertz CT molecular complexity index is 2430. The van der Waals surface area contributed by atoms with Gasteiger partial charge in [0.2, 0.25) is 0 Å². The number of piperidine rings is 1. The Morgan fingerprint density at radius 2 is 0.930 bits per heavy atom. The molecular formula is C51H45N3O3. The van der Waals surface area contributed by atoms with Gasteiger partial charge in [-0.3, -0.25) is 4.79 Å². The van der Waals surface area contributed by atoms with Crippen LogP contribution in [0.3, 0.4) is 0 Å². The quantitative estimate of drug-likeness (QED) is 0.109. The minimum Gasteiger partial charge on any atom is -0.506 e. The van der Waals surface area contributed by atoms with Gasteiger partial charge in [0.05, 0.1) is 17.4 Å². The molecule has 282 valence electrons. The molecule has 0 spiro atoms. The summed E-state index contributed by atoms with van der Waals surface area (Å²) in [6.45, 7) is 2.45. The zero-order valence-corrected chi connectivity index (χ0v) is 31.7. The van der Waals surface area contributed by atoms with Gasteiger partial charge in [-0.2, -0.15) is 0 Å². The highest BCUT2D eigenvalue weighted by atomic mass is 16.3. The molecular weight excluding hydrogens is 703 g/mol. The number of rotatable bonds is 6. The van der Waals surface area contributed by atoms with E-state index in [1.165, 1.54) is 16.7 Å². The van der Waals surface area contributed by atoms with Crippen LogP contribution in [-0.4, -0.2) is 41.7 Å². The van der Waals surface area contributed by atoms with Crippen LogP contribution in [0, 0.1) is 0 Å². The average Bonchev–Trinajstić information content (AvgIpc) is 3.26. The van der Waals surface area contributed by atoms with Gasteiger partial charge in [0.1, 0.15) is 11.5 Å². The summed E-state index contributed by atoms with van der Waals surface area (Å²) in [5.41, 5.74) is 15.7. The van der Waals surface area contributed by atoms with Crippen LogP contribution in [0.2, 0.25) is 0 Å². The molecule has 4 aliphatic rings. The van der Waals surface area contributed by atoms with E-state index in [1.54, 1.807) is 18.2 Å². The van der Waals surface area contributed by atoms with Crippen LogP contribution in [0.15, 0.2) is 151 Å². The number of fused-ring (bicyclic) bond motifs is 3. The van der Waals surface area contributed by atoms with E-state index < -0.39 is 0 Å². The number of hydrogen-bond donors (Lipinski definition) is 5. The van der Waals surface area contributed by atoms with E-state index in [1.807, 2.05) is 18.2 Å². The Hall–Kier alpha value is -6.37. The van der Waals surface area contributed by atoms with E-state index in [9.17, 15) is 15.0 Å². The van der Waals surface area contributed by atoms with Crippen molar-refractivity contribution < 1.29 is 15.0 Å². The second kappa shape index (κ2) is 14.6. The first-order valence-electron chi connectivity index (χ1n) is 20.2. The van der Waals surface area contributed by atoms with Crippen molar-refractivity contribution in [3.8, 4) is 44.9 Å². The average molecular weight is 748 g/mol. The number of aromatic hydroxyl groups is 2. The Labute approximate surface area is 333 Å². The third-order valence-electron chi connectivity index (χ3n) is 12.6. The summed E-state index contributed by atoms with van der Waals surface area (Å²) in [5.74, 6) is 1.38. The van der Waals surface area contributed by atoms with Crippen LogP contribution >= 0.6 is 0 Å². The van der Waals surface area contributed by atoms with Crippen molar-refractivity contribution in [1.82, 2.24) is 5.32 Å². The van der Waals surface area contributed by atoms with Crippen LogP contribution in [0.5, 0.6) is 11.5 Å². The van der Waals surface area contributed by atoms with Crippen LogP contribution in [0.4, 0.5) is 11.4 Å². The van der Waals surface area contributed by atoms with Crippen molar-refractivity contribution in [1.29, 1.82) is 0 Å².